The Labute approximate surface area is 150 Å². The van der Waals surface area contributed by atoms with E-state index in [2.05, 4.69) is 15.8 Å². The molecule has 134 valence electrons. The van der Waals surface area contributed by atoms with E-state index in [4.69, 9.17) is 10.5 Å². The lowest BCUT2D eigenvalue weighted by Crippen LogP contribution is -2.50. The van der Waals surface area contributed by atoms with E-state index in [1.165, 1.54) is 0 Å². The van der Waals surface area contributed by atoms with Gasteiger partial charge in [-0.05, 0) is 23.6 Å². The van der Waals surface area contributed by atoms with E-state index < -0.39 is 18.0 Å². The van der Waals surface area contributed by atoms with E-state index in [0.717, 1.165) is 22.0 Å². The van der Waals surface area contributed by atoms with Crippen molar-refractivity contribution < 1.29 is 14.3 Å². The highest BCUT2D eigenvalue weighted by molar-refractivity contribution is 5.86. The van der Waals surface area contributed by atoms with Gasteiger partial charge >= 0.3 is 6.09 Å². The van der Waals surface area contributed by atoms with E-state index in [0.29, 0.717) is 6.42 Å². The zero-order valence-corrected chi connectivity index (χ0v) is 14.1. The number of nitrogens with one attached hydrogen (secondary N) is 3. The van der Waals surface area contributed by atoms with Gasteiger partial charge in [0.25, 0.3) is 5.91 Å². The van der Waals surface area contributed by atoms with Crippen LogP contribution in [-0.4, -0.2) is 23.0 Å². The smallest absolute Gasteiger partial charge is 0.426 e. The number of carbonyl (C=O) groups excluding carboxylic acids is 2. The summed E-state index contributed by atoms with van der Waals surface area (Å²) in [5, 5.41) is 1.02. The molecule has 7 heteroatoms. The van der Waals surface area contributed by atoms with Gasteiger partial charge < -0.3 is 15.5 Å². The first-order chi connectivity index (χ1) is 12.6. The number of hydrazine groups is 1. The third-order valence-corrected chi connectivity index (χ3v) is 3.95. The molecular weight excluding hydrogens is 332 g/mol. The summed E-state index contributed by atoms with van der Waals surface area (Å²) >= 11 is 0. The predicted octanol–water partition coefficient (Wildman–Crippen LogP) is 2.00. The Hall–Kier alpha value is -3.32. The zero-order chi connectivity index (χ0) is 18.4. The zero-order valence-electron chi connectivity index (χ0n) is 14.1. The number of ether oxygens (including phenoxy) is 1. The quantitative estimate of drug-likeness (QED) is 0.527. The highest BCUT2D eigenvalue weighted by atomic mass is 16.6. The summed E-state index contributed by atoms with van der Waals surface area (Å²) in [5.41, 5.74) is 13.2. The van der Waals surface area contributed by atoms with Gasteiger partial charge in [0.2, 0.25) is 0 Å². The molecule has 0 saturated carbocycles. The van der Waals surface area contributed by atoms with E-state index in [9.17, 15) is 9.59 Å². The first-order valence-electron chi connectivity index (χ1n) is 8.20. The molecule has 0 spiro atoms. The minimum Gasteiger partial charge on any atom is -0.443 e. The summed E-state index contributed by atoms with van der Waals surface area (Å²) in [4.78, 5) is 26.8. The molecule has 3 aromatic rings. The fourth-order valence-corrected chi connectivity index (χ4v) is 2.59. The van der Waals surface area contributed by atoms with Crippen molar-refractivity contribution in [3.63, 3.8) is 0 Å². The van der Waals surface area contributed by atoms with Gasteiger partial charge in [0.1, 0.15) is 6.61 Å². The van der Waals surface area contributed by atoms with Gasteiger partial charge in [0.05, 0.1) is 6.04 Å². The van der Waals surface area contributed by atoms with Gasteiger partial charge in [0.15, 0.2) is 0 Å². The molecule has 0 aliphatic heterocycles. The number of aromatic amines is 1. The summed E-state index contributed by atoms with van der Waals surface area (Å²) in [5.74, 6) is -0.494. The number of fused-ring (bicyclic) bond motifs is 1. The van der Waals surface area contributed by atoms with Crippen molar-refractivity contribution >= 4 is 22.9 Å². The Morgan fingerprint density at radius 1 is 1.04 bits per heavy atom. The van der Waals surface area contributed by atoms with Gasteiger partial charge in [-0.15, -0.1) is 0 Å². The van der Waals surface area contributed by atoms with Crippen LogP contribution in [0, 0.1) is 0 Å². The van der Waals surface area contributed by atoms with Crippen molar-refractivity contribution in [3.8, 4) is 0 Å². The lowest BCUT2D eigenvalue weighted by Gasteiger charge is -2.13. The first-order valence-corrected chi connectivity index (χ1v) is 8.20. The van der Waals surface area contributed by atoms with Crippen molar-refractivity contribution in [1.29, 1.82) is 0 Å². The molecule has 0 saturated heterocycles. The average Bonchev–Trinajstić information content (AvgIpc) is 3.08. The molecule has 3 rings (SSSR count). The number of para-hydroxylation sites is 1. The highest BCUT2D eigenvalue weighted by Gasteiger charge is 2.17. The van der Waals surface area contributed by atoms with E-state index in [1.54, 1.807) is 0 Å². The molecule has 0 radical (unpaired) electrons. The monoisotopic (exact) mass is 352 g/mol. The largest absolute Gasteiger partial charge is 0.443 e. The molecule has 5 N–H and O–H groups in total. The van der Waals surface area contributed by atoms with E-state index in [-0.39, 0.29) is 6.61 Å². The van der Waals surface area contributed by atoms with Gasteiger partial charge in [0, 0.05) is 17.1 Å². The molecule has 1 aromatic heterocycles. The molecule has 2 aromatic carbocycles. The third-order valence-electron chi connectivity index (χ3n) is 3.95. The normalized spacial score (nSPS) is 11.7. The van der Waals surface area contributed by atoms with Crippen molar-refractivity contribution in [2.75, 3.05) is 0 Å². The van der Waals surface area contributed by atoms with Crippen LogP contribution in [-0.2, 0) is 22.6 Å². The third kappa shape index (κ3) is 4.40. The molecule has 0 bridgehead atoms. The summed E-state index contributed by atoms with van der Waals surface area (Å²) in [6.45, 7) is 0.115. The Balaban J connectivity index is 1.46. The summed E-state index contributed by atoms with van der Waals surface area (Å²) < 4.78 is 5.01. The van der Waals surface area contributed by atoms with Crippen LogP contribution in [0.15, 0.2) is 60.8 Å². The maximum atomic E-state index is 12.1. The van der Waals surface area contributed by atoms with Crippen LogP contribution < -0.4 is 16.6 Å². The fourth-order valence-electron chi connectivity index (χ4n) is 2.59. The lowest BCUT2D eigenvalue weighted by molar-refractivity contribution is -0.123. The second kappa shape index (κ2) is 8.17. The summed E-state index contributed by atoms with van der Waals surface area (Å²) in [6, 6.07) is 16.2. The minimum atomic E-state index is -0.802. The molecule has 0 aliphatic carbocycles. The molecular formula is C19H20N4O3. The Bertz CT molecular complexity index is 892. The standard InChI is InChI=1S/C19H20N4O3/c20-16(10-14-11-21-17-9-5-4-8-15(14)17)18(24)22-23-19(25)26-12-13-6-2-1-3-7-13/h1-9,11,16,21H,10,12,20H2,(H,22,24)(H,23,25)/t16-/m1/s1. The fraction of sp³-hybridized carbons (Fsp3) is 0.158. The number of hydrogen-bond acceptors (Lipinski definition) is 4. The van der Waals surface area contributed by atoms with Gasteiger partial charge in [-0.2, -0.15) is 0 Å². The van der Waals surface area contributed by atoms with Crippen molar-refractivity contribution in [1.82, 2.24) is 15.8 Å². The van der Waals surface area contributed by atoms with Crippen molar-refractivity contribution in [2.45, 2.75) is 19.1 Å². The average molecular weight is 352 g/mol. The van der Waals surface area contributed by atoms with Crippen LogP contribution in [0.5, 0.6) is 0 Å². The number of amides is 2. The number of carbonyl (C=O) groups is 2. The van der Waals surface area contributed by atoms with Crippen molar-refractivity contribution in [3.05, 3.63) is 71.9 Å². The van der Waals surface area contributed by atoms with Crippen LogP contribution in [0.25, 0.3) is 10.9 Å². The van der Waals surface area contributed by atoms with Crippen LogP contribution in [0.3, 0.4) is 0 Å². The number of H-pyrrole nitrogens is 1. The van der Waals surface area contributed by atoms with Crippen LogP contribution in [0.1, 0.15) is 11.1 Å². The van der Waals surface area contributed by atoms with Gasteiger partial charge in [-0.25, -0.2) is 10.2 Å². The second-order valence-electron chi connectivity index (χ2n) is 5.85. The molecule has 7 nitrogen and oxygen atoms in total. The van der Waals surface area contributed by atoms with Gasteiger partial charge in [-0.1, -0.05) is 48.5 Å². The van der Waals surface area contributed by atoms with E-state index >= 15 is 0 Å². The van der Waals surface area contributed by atoms with Crippen LogP contribution in [0.4, 0.5) is 4.79 Å². The lowest BCUT2D eigenvalue weighted by atomic mass is 10.1. The second-order valence-corrected chi connectivity index (χ2v) is 5.85. The van der Waals surface area contributed by atoms with Crippen LogP contribution in [0.2, 0.25) is 0 Å². The van der Waals surface area contributed by atoms with Gasteiger partial charge in [-0.3, -0.25) is 10.2 Å². The van der Waals surface area contributed by atoms with Crippen LogP contribution >= 0.6 is 0 Å². The maximum absolute atomic E-state index is 12.1. The minimum absolute atomic E-state index is 0.115. The van der Waals surface area contributed by atoms with Crippen molar-refractivity contribution in [2.24, 2.45) is 5.73 Å². The number of rotatable bonds is 5. The maximum Gasteiger partial charge on any atom is 0.426 e. The predicted molar refractivity (Wildman–Crippen MR) is 97.9 cm³/mol. The van der Waals surface area contributed by atoms with E-state index in [1.807, 2.05) is 60.8 Å². The molecule has 0 unspecified atom stereocenters. The number of nitrogens with two attached hydrogens (primary N) is 1. The molecule has 2 amide bonds. The molecule has 26 heavy (non-hydrogen) atoms. The molecule has 0 fully saturated rings. The summed E-state index contributed by atoms with van der Waals surface area (Å²) in [6.07, 6.45) is 1.43. The highest BCUT2D eigenvalue weighted by Crippen LogP contribution is 2.18. The number of hydrogen-bond donors (Lipinski definition) is 4. The Morgan fingerprint density at radius 2 is 1.77 bits per heavy atom. The Kier molecular flexibility index (Phi) is 5.50. The molecule has 1 atom stereocenters. The number of benzene rings is 2. The molecule has 0 aliphatic rings. The Morgan fingerprint density at radius 3 is 2.58 bits per heavy atom. The topological polar surface area (TPSA) is 109 Å². The number of aromatic nitrogens is 1. The summed E-state index contributed by atoms with van der Waals surface area (Å²) in [7, 11) is 0. The first kappa shape index (κ1) is 17.5. The SMILES string of the molecule is N[C@H](Cc1c[nH]c2ccccc12)C(=O)NNC(=O)OCc1ccccc1. The molecule has 1 heterocycles.